The number of nitrogens with zero attached hydrogens (tertiary/aromatic N) is 4. The van der Waals surface area contributed by atoms with Gasteiger partial charge in [-0.1, -0.05) is 24.3 Å². The van der Waals surface area contributed by atoms with E-state index in [1.807, 2.05) is 30.3 Å². The van der Waals surface area contributed by atoms with Gasteiger partial charge in [-0.3, -0.25) is 19.2 Å². The van der Waals surface area contributed by atoms with E-state index in [1.165, 1.54) is 10.9 Å². The summed E-state index contributed by atoms with van der Waals surface area (Å²) in [6, 6.07) is 14.4. The van der Waals surface area contributed by atoms with Crippen LogP contribution in [0.25, 0.3) is 16.8 Å². The van der Waals surface area contributed by atoms with Crippen LogP contribution in [0.4, 0.5) is 5.95 Å². The fraction of sp³-hybridized carbons (Fsp3) is 0.0588. The first kappa shape index (κ1) is 14.9. The first-order valence-corrected chi connectivity index (χ1v) is 7.50. The predicted octanol–water partition coefficient (Wildman–Crippen LogP) is 1.96. The lowest BCUT2D eigenvalue weighted by molar-refractivity contribution is 0.102. The number of hydrogen-bond acceptors (Lipinski definition) is 5. The maximum absolute atomic E-state index is 12.7. The number of anilines is 1. The normalized spacial score (nSPS) is 10.9. The molecular weight excluding hydrogens is 322 g/mol. The molecule has 2 aromatic carbocycles. The van der Waals surface area contributed by atoms with Gasteiger partial charge in [-0.25, -0.2) is 4.79 Å². The van der Waals surface area contributed by atoms with Crippen LogP contribution in [0.2, 0.25) is 0 Å². The first-order chi connectivity index (χ1) is 12.1. The van der Waals surface area contributed by atoms with E-state index in [0.717, 1.165) is 5.69 Å². The summed E-state index contributed by atoms with van der Waals surface area (Å²) >= 11 is 0. The van der Waals surface area contributed by atoms with Gasteiger partial charge >= 0.3 is 5.76 Å². The van der Waals surface area contributed by atoms with Crippen molar-refractivity contribution < 1.29 is 9.21 Å². The Hall–Kier alpha value is -3.68. The number of hydrogen-bond donors (Lipinski definition) is 1. The summed E-state index contributed by atoms with van der Waals surface area (Å²) in [6.07, 6.45) is 1.51. The summed E-state index contributed by atoms with van der Waals surface area (Å²) in [4.78, 5) is 24.4. The van der Waals surface area contributed by atoms with E-state index >= 15 is 0 Å². The fourth-order valence-electron chi connectivity index (χ4n) is 2.60. The van der Waals surface area contributed by atoms with E-state index < -0.39 is 11.7 Å². The lowest BCUT2D eigenvalue weighted by Gasteiger charge is -2.08. The average molecular weight is 335 g/mol. The maximum atomic E-state index is 12.7. The van der Waals surface area contributed by atoms with Crippen LogP contribution in [0.5, 0.6) is 0 Å². The Bertz CT molecular complexity index is 1120. The summed E-state index contributed by atoms with van der Waals surface area (Å²) in [5, 5.41) is 10.5. The molecule has 0 atom stereocenters. The van der Waals surface area contributed by atoms with Gasteiger partial charge in [-0.15, -0.1) is 10.2 Å². The van der Waals surface area contributed by atoms with Crippen LogP contribution in [0, 0.1) is 0 Å². The largest absolute Gasteiger partial charge is 0.419 e. The van der Waals surface area contributed by atoms with E-state index in [0.29, 0.717) is 5.52 Å². The summed E-state index contributed by atoms with van der Waals surface area (Å²) in [6.45, 7) is 0. The van der Waals surface area contributed by atoms with Crippen molar-refractivity contribution in [3.8, 4) is 5.69 Å². The molecule has 0 saturated heterocycles. The molecule has 0 fully saturated rings. The number of amides is 1. The van der Waals surface area contributed by atoms with Crippen molar-refractivity contribution in [2.45, 2.75) is 0 Å². The number of para-hydroxylation sites is 2. The van der Waals surface area contributed by atoms with Gasteiger partial charge in [0, 0.05) is 7.05 Å². The number of benzene rings is 2. The second-order valence-electron chi connectivity index (χ2n) is 5.40. The number of rotatable bonds is 3. The number of carbonyl (C=O) groups is 1. The highest BCUT2D eigenvalue weighted by atomic mass is 16.4. The second kappa shape index (κ2) is 5.75. The standard InChI is InChI=1S/C17H13N5O3/c1-21-13-9-5-8-12(14(13)25-17(21)24)15(23)19-16-20-18-10-22(16)11-6-3-2-4-7-11/h2-10H,1H3,(H,19,20,23). The van der Waals surface area contributed by atoms with E-state index in [9.17, 15) is 9.59 Å². The molecule has 8 heteroatoms. The summed E-state index contributed by atoms with van der Waals surface area (Å²) in [7, 11) is 1.59. The zero-order valence-corrected chi connectivity index (χ0v) is 13.2. The van der Waals surface area contributed by atoms with Gasteiger partial charge in [0.1, 0.15) is 6.33 Å². The van der Waals surface area contributed by atoms with Crippen LogP contribution in [-0.2, 0) is 7.05 Å². The number of aryl methyl sites for hydroxylation is 1. The molecule has 25 heavy (non-hydrogen) atoms. The minimum Gasteiger partial charge on any atom is -0.407 e. The lowest BCUT2D eigenvalue weighted by atomic mass is 10.2. The molecule has 0 saturated carbocycles. The van der Waals surface area contributed by atoms with E-state index in [2.05, 4.69) is 15.5 Å². The van der Waals surface area contributed by atoms with Gasteiger partial charge in [-0.2, -0.15) is 0 Å². The van der Waals surface area contributed by atoms with Gasteiger partial charge in [-0.05, 0) is 24.3 Å². The molecule has 8 nitrogen and oxygen atoms in total. The Kier molecular flexibility index (Phi) is 3.42. The summed E-state index contributed by atoms with van der Waals surface area (Å²) < 4.78 is 8.19. The fourth-order valence-corrected chi connectivity index (χ4v) is 2.60. The van der Waals surface area contributed by atoms with Crippen molar-refractivity contribution >= 4 is 23.0 Å². The molecule has 1 N–H and O–H groups in total. The van der Waals surface area contributed by atoms with Crippen molar-refractivity contribution in [2.24, 2.45) is 7.05 Å². The van der Waals surface area contributed by atoms with Crippen LogP contribution in [0.15, 0.2) is 64.1 Å². The number of carbonyl (C=O) groups excluding carboxylic acids is 1. The zero-order chi connectivity index (χ0) is 17.4. The molecule has 4 aromatic rings. The van der Waals surface area contributed by atoms with Crippen LogP contribution < -0.4 is 11.1 Å². The molecule has 0 bridgehead atoms. The van der Waals surface area contributed by atoms with Gasteiger partial charge in [0.05, 0.1) is 16.8 Å². The molecule has 2 aromatic heterocycles. The van der Waals surface area contributed by atoms with Crippen molar-refractivity contribution in [1.29, 1.82) is 0 Å². The molecule has 0 aliphatic carbocycles. The van der Waals surface area contributed by atoms with E-state index in [-0.39, 0.29) is 17.1 Å². The maximum Gasteiger partial charge on any atom is 0.419 e. The Morgan fingerprint density at radius 3 is 2.72 bits per heavy atom. The molecule has 4 rings (SSSR count). The van der Waals surface area contributed by atoms with Crippen molar-refractivity contribution in [3.05, 3.63) is 71.0 Å². The molecule has 124 valence electrons. The quantitative estimate of drug-likeness (QED) is 0.617. The lowest BCUT2D eigenvalue weighted by Crippen LogP contribution is -2.15. The first-order valence-electron chi connectivity index (χ1n) is 7.50. The predicted molar refractivity (Wildman–Crippen MR) is 90.8 cm³/mol. The zero-order valence-electron chi connectivity index (χ0n) is 13.2. The number of fused-ring (bicyclic) bond motifs is 1. The molecule has 0 aliphatic heterocycles. The monoisotopic (exact) mass is 335 g/mol. The third-order valence-electron chi connectivity index (χ3n) is 3.87. The molecule has 0 aliphatic rings. The van der Waals surface area contributed by atoms with Crippen LogP contribution in [0.1, 0.15) is 10.4 Å². The second-order valence-corrected chi connectivity index (χ2v) is 5.40. The van der Waals surface area contributed by atoms with Crippen LogP contribution in [0.3, 0.4) is 0 Å². The number of aromatic nitrogens is 4. The Labute approximate surface area is 141 Å². The molecule has 0 radical (unpaired) electrons. The summed E-state index contributed by atoms with van der Waals surface area (Å²) in [5.74, 6) is -0.695. The minimum absolute atomic E-state index is 0.235. The van der Waals surface area contributed by atoms with Gasteiger partial charge < -0.3 is 4.42 Å². The highest BCUT2D eigenvalue weighted by molar-refractivity contribution is 6.10. The minimum atomic E-state index is -0.525. The summed E-state index contributed by atoms with van der Waals surface area (Å²) in [5.41, 5.74) is 1.84. The van der Waals surface area contributed by atoms with Crippen LogP contribution in [-0.4, -0.2) is 25.2 Å². The van der Waals surface area contributed by atoms with Gasteiger partial charge in [0.2, 0.25) is 5.95 Å². The van der Waals surface area contributed by atoms with E-state index in [4.69, 9.17) is 4.42 Å². The Balaban J connectivity index is 1.72. The third-order valence-corrected chi connectivity index (χ3v) is 3.87. The Morgan fingerprint density at radius 1 is 1.12 bits per heavy atom. The molecular formula is C17H13N5O3. The SMILES string of the molecule is Cn1c(=O)oc2c(C(=O)Nc3nncn3-c3ccccc3)cccc21. The topological polar surface area (TPSA) is 94.9 Å². The highest BCUT2D eigenvalue weighted by Gasteiger charge is 2.18. The molecule has 2 heterocycles. The van der Waals surface area contributed by atoms with Crippen LogP contribution >= 0.6 is 0 Å². The Morgan fingerprint density at radius 2 is 1.92 bits per heavy atom. The average Bonchev–Trinajstić information content (AvgIpc) is 3.20. The van der Waals surface area contributed by atoms with E-state index in [1.54, 1.807) is 29.8 Å². The molecule has 0 spiro atoms. The molecule has 1 amide bonds. The van der Waals surface area contributed by atoms with Gasteiger partial charge in [0.15, 0.2) is 5.58 Å². The number of nitrogens with one attached hydrogen (secondary N) is 1. The van der Waals surface area contributed by atoms with Crippen molar-refractivity contribution in [3.63, 3.8) is 0 Å². The van der Waals surface area contributed by atoms with Crippen molar-refractivity contribution in [2.75, 3.05) is 5.32 Å². The third kappa shape index (κ3) is 2.49. The molecule has 0 unspecified atom stereocenters. The number of oxazole rings is 1. The van der Waals surface area contributed by atoms with Crippen molar-refractivity contribution in [1.82, 2.24) is 19.3 Å². The smallest absolute Gasteiger partial charge is 0.407 e. The highest BCUT2D eigenvalue weighted by Crippen LogP contribution is 2.19. The van der Waals surface area contributed by atoms with Gasteiger partial charge in [0.25, 0.3) is 5.91 Å².